The maximum Gasteiger partial charge on any atom is 0.131 e. The van der Waals surface area contributed by atoms with Crippen LogP contribution in [0.2, 0.25) is 0 Å². The lowest BCUT2D eigenvalue weighted by atomic mass is 10.1. The molecule has 0 aromatic heterocycles. The molecule has 18 heavy (non-hydrogen) atoms. The van der Waals surface area contributed by atoms with Crippen LogP contribution in [-0.2, 0) is 0 Å². The van der Waals surface area contributed by atoms with Gasteiger partial charge in [-0.3, -0.25) is 0 Å². The molecule has 0 bridgehead atoms. The molecule has 0 atom stereocenters. The second-order valence-electron chi connectivity index (χ2n) is 4.13. The zero-order valence-electron chi connectivity index (χ0n) is 10.6. The lowest BCUT2D eigenvalue weighted by Gasteiger charge is -2.03. The van der Waals surface area contributed by atoms with Crippen LogP contribution in [0.1, 0.15) is 16.7 Å². The zero-order chi connectivity index (χ0) is 12.3. The molecule has 0 aliphatic rings. The summed E-state index contributed by atoms with van der Waals surface area (Å²) in [5.74, 6) is 0.550. The van der Waals surface area contributed by atoms with Gasteiger partial charge in [0.25, 0.3) is 0 Å². The number of aryl methyl sites for hydroxylation is 2. The van der Waals surface area contributed by atoms with Crippen LogP contribution in [0.5, 0.6) is 0 Å². The van der Waals surface area contributed by atoms with Gasteiger partial charge in [-0.25, -0.2) is 4.99 Å². The molecule has 0 radical (unpaired) electrons. The van der Waals surface area contributed by atoms with Crippen molar-refractivity contribution < 1.29 is 0 Å². The number of halogens is 1. The fourth-order valence-electron chi connectivity index (χ4n) is 1.61. The average Bonchev–Trinajstić information content (AvgIpc) is 2.35. The number of nitrogens with two attached hydrogens (primary N) is 1. The highest BCUT2D eigenvalue weighted by Gasteiger charge is 1.98. The van der Waals surface area contributed by atoms with Crippen molar-refractivity contribution in [3.05, 3.63) is 65.2 Å². The van der Waals surface area contributed by atoms with Crippen molar-refractivity contribution >= 4 is 23.9 Å². The molecule has 2 N–H and O–H groups in total. The van der Waals surface area contributed by atoms with Crippen molar-refractivity contribution in [2.75, 3.05) is 0 Å². The average molecular weight is 261 g/mol. The summed E-state index contributed by atoms with van der Waals surface area (Å²) < 4.78 is 0. The minimum atomic E-state index is 0. The predicted octanol–water partition coefficient (Wildman–Crippen LogP) is 3.76. The Bertz CT molecular complexity index is 548. The largest absolute Gasteiger partial charge is 0.383 e. The van der Waals surface area contributed by atoms with E-state index in [0.717, 1.165) is 11.3 Å². The lowest BCUT2D eigenvalue weighted by molar-refractivity contribution is 1.32. The molecule has 0 saturated heterocycles. The van der Waals surface area contributed by atoms with Gasteiger partial charge in [-0.15, -0.1) is 12.4 Å². The highest BCUT2D eigenvalue weighted by Crippen LogP contribution is 2.17. The fraction of sp³-hybridized carbons (Fsp3) is 0.133. The molecule has 0 fully saturated rings. The van der Waals surface area contributed by atoms with Gasteiger partial charge in [0.05, 0.1) is 5.69 Å². The van der Waals surface area contributed by atoms with Gasteiger partial charge >= 0.3 is 0 Å². The van der Waals surface area contributed by atoms with Crippen molar-refractivity contribution in [2.24, 2.45) is 10.7 Å². The monoisotopic (exact) mass is 260 g/mol. The normalized spacial score (nSPS) is 10.9. The van der Waals surface area contributed by atoms with E-state index in [1.165, 1.54) is 11.1 Å². The van der Waals surface area contributed by atoms with Gasteiger partial charge in [-0.1, -0.05) is 36.4 Å². The third-order valence-corrected chi connectivity index (χ3v) is 2.81. The van der Waals surface area contributed by atoms with E-state index in [4.69, 9.17) is 5.73 Å². The number of hydrogen-bond acceptors (Lipinski definition) is 1. The van der Waals surface area contributed by atoms with Gasteiger partial charge in [0.15, 0.2) is 0 Å². The third kappa shape index (κ3) is 3.34. The molecule has 94 valence electrons. The number of benzene rings is 2. The van der Waals surface area contributed by atoms with Crippen LogP contribution in [0, 0.1) is 13.8 Å². The Morgan fingerprint density at radius 3 is 2.22 bits per heavy atom. The van der Waals surface area contributed by atoms with Crippen molar-refractivity contribution in [1.82, 2.24) is 0 Å². The van der Waals surface area contributed by atoms with Gasteiger partial charge in [0.2, 0.25) is 0 Å². The van der Waals surface area contributed by atoms with E-state index >= 15 is 0 Å². The Labute approximate surface area is 114 Å². The first kappa shape index (κ1) is 14.3. The maximum absolute atomic E-state index is 5.97. The molecule has 3 heteroatoms. The molecule has 2 aromatic carbocycles. The smallest absolute Gasteiger partial charge is 0.131 e. The number of amidine groups is 1. The Morgan fingerprint density at radius 2 is 1.61 bits per heavy atom. The number of hydrogen-bond donors (Lipinski definition) is 1. The van der Waals surface area contributed by atoms with E-state index in [2.05, 4.69) is 24.9 Å². The molecule has 0 aliphatic carbocycles. The molecule has 2 aromatic rings. The molecule has 0 saturated carbocycles. The standard InChI is InChI=1S/C15H16N2.ClH/c1-11-8-9-14(10-12(11)2)17-15(16)13-6-4-3-5-7-13;/h3-10H,1-2H3,(H2,16,17);1H. The van der Waals surface area contributed by atoms with Crippen molar-refractivity contribution in [3.8, 4) is 0 Å². The first-order valence-corrected chi connectivity index (χ1v) is 5.63. The second kappa shape index (κ2) is 6.22. The molecule has 0 amide bonds. The van der Waals surface area contributed by atoms with Crippen molar-refractivity contribution in [1.29, 1.82) is 0 Å². The summed E-state index contributed by atoms with van der Waals surface area (Å²) in [5.41, 5.74) is 10.3. The highest BCUT2D eigenvalue weighted by atomic mass is 35.5. The number of aliphatic imine (C=N–C) groups is 1. The fourth-order valence-corrected chi connectivity index (χ4v) is 1.61. The van der Waals surface area contributed by atoms with Crippen LogP contribution in [0.15, 0.2) is 53.5 Å². The quantitative estimate of drug-likeness (QED) is 0.648. The minimum Gasteiger partial charge on any atom is -0.383 e. The van der Waals surface area contributed by atoms with Gasteiger partial charge in [0, 0.05) is 5.56 Å². The summed E-state index contributed by atoms with van der Waals surface area (Å²) in [6.07, 6.45) is 0. The van der Waals surface area contributed by atoms with E-state index < -0.39 is 0 Å². The van der Waals surface area contributed by atoms with E-state index in [1.54, 1.807) is 0 Å². The summed E-state index contributed by atoms with van der Waals surface area (Å²) >= 11 is 0. The molecule has 2 nitrogen and oxygen atoms in total. The summed E-state index contributed by atoms with van der Waals surface area (Å²) in [7, 11) is 0. The summed E-state index contributed by atoms with van der Waals surface area (Å²) in [6.45, 7) is 4.16. The SMILES string of the molecule is Cc1ccc(N=C(N)c2ccccc2)cc1C.Cl. The molecular weight excluding hydrogens is 244 g/mol. The van der Waals surface area contributed by atoms with Gasteiger partial charge in [0.1, 0.15) is 5.84 Å². The Morgan fingerprint density at radius 1 is 0.944 bits per heavy atom. The Kier molecular flexibility index (Phi) is 4.93. The number of nitrogens with zero attached hydrogens (tertiary/aromatic N) is 1. The third-order valence-electron chi connectivity index (χ3n) is 2.81. The van der Waals surface area contributed by atoms with Crippen LogP contribution < -0.4 is 5.73 Å². The van der Waals surface area contributed by atoms with Crippen molar-refractivity contribution in [2.45, 2.75) is 13.8 Å². The van der Waals surface area contributed by atoms with Crippen LogP contribution in [-0.4, -0.2) is 5.84 Å². The van der Waals surface area contributed by atoms with E-state index in [-0.39, 0.29) is 12.4 Å². The molecule has 2 rings (SSSR count). The predicted molar refractivity (Wildman–Crippen MR) is 80.0 cm³/mol. The van der Waals surface area contributed by atoms with Crippen LogP contribution in [0.4, 0.5) is 5.69 Å². The number of rotatable bonds is 2. The van der Waals surface area contributed by atoms with Gasteiger partial charge in [-0.2, -0.15) is 0 Å². The first-order chi connectivity index (χ1) is 8.16. The van der Waals surface area contributed by atoms with Crippen LogP contribution >= 0.6 is 12.4 Å². The maximum atomic E-state index is 5.97. The van der Waals surface area contributed by atoms with Crippen LogP contribution in [0.25, 0.3) is 0 Å². The van der Waals surface area contributed by atoms with E-state index in [0.29, 0.717) is 5.84 Å². The minimum absolute atomic E-state index is 0. The van der Waals surface area contributed by atoms with E-state index in [9.17, 15) is 0 Å². The molecule has 0 unspecified atom stereocenters. The Hall–Kier alpha value is -1.80. The summed E-state index contributed by atoms with van der Waals surface area (Å²) in [4.78, 5) is 4.43. The van der Waals surface area contributed by atoms with Crippen LogP contribution in [0.3, 0.4) is 0 Å². The van der Waals surface area contributed by atoms with Gasteiger partial charge in [-0.05, 0) is 37.1 Å². The Balaban J connectivity index is 0.00000162. The molecular formula is C15H17ClN2. The lowest BCUT2D eigenvalue weighted by Crippen LogP contribution is -2.12. The first-order valence-electron chi connectivity index (χ1n) is 5.63. The molecule has 0 heterocycles. The van der Waals surface area contributed by atoms with Gasteiger partial charge < -0.3 is 5.73 Å². The second-order valence-corrected chi connectivity index (χ2v) is 4.13. The zero-order valence-corrected chi connectivity index (χ0v) is 11.4. The molecule has 0 spiro atoms. The van der Waals surface area contributed by atoms with Crippen molar-refractivity contribution in [3.63, 3.8) is 0 Å². The summed E-state index contributed by atoms with van der Waals surface area (Å²) in [5, 5.41) is 0. The molecule has 0 aliphatic heterocycles. The summed E-state index contributed by atoms with van der Waals surface area (Å²) in [6, 6.07) is 15.9. The topological polar surface area (TPSA) is 38.4 Å². The van der Waals surface area contributed by atoms with E-state index in [1.807, 2.05) is 42.5 Å². The highest BCUT2D eigenvalue weighted by molar-refractivity contribution is 5.98.